The quantitative estimate of drug-likeness (QED) is 0.0242. The van der Waals surface area contributed by atoms with Crippen LogP contribution >= 0.6 is 44.3 Å². The molecule has 2 unspecified atom stereocenters. The summed E-state index contributed by atoms with van der Waals surface area (Å²) in [4.78, 5) is 10.4. The summed E-state index contributed by atoms with van der Waals surface area (Å²) in [5.74, 6) is 3.31. The Kier molecular flexibility index (Phi) is 34.0. The number of hydrogen-bond acceptors (Lipinski definition) is 12. The monoisotopic (exact) mass is 1080 g/mol. The largest absolute Gasteiger partial charge is 0.500 e. The number of fused-ring (bicyclic) bond motifs is 2. The Morgan fingerprint density at radius 1 is 0.371 bits per heavy atom. The van der Waals surface area contributed by atoms with Crippen LogP contribution < -0.4 is 0 Å². The molecule has 398 valence electrons. The molecule has 0 bridgehead atoms. The summed E-state index contributed by atoms with van der Waals surface area (Å²) in [6.45, 7) is 0. The van der Waals surface area contributed by atoms with E-state index in [2.05, 4.69) is 70.1 Å². The first-order chi connectivity index (χ1) is 34.4. The van der Waals surface area contributed by atoms with Crippen molar-refractivity contribution in [3.63, 3.8) is 0 Å². The predicted molar refractivity (Wildman–Crippen MR) is 311 cm³/mol. The molecule has 0 aliphatic heterocycles. The van der Waals surface area contributed by atoms with Gasteiger partial charge in [0, 0.05) is 78.1 Å². The summed E-state index contributed by atoms with van der Waals surface area (Å²) >= 11 is 3.85. The Balaban J connectivity index is 1.08. The lowest BCUT2D eigenvalue weighted by Gasteiger charge is -2.24. The summed E-state index contributed by atoms with van der Waals surface area (Å²) in [7, 11) is 9.65. The second kappa shape index (κ2) is 38.6. The average Bonchev–Trinajstić information content (AvgIpc) is 4.04. The zero-order valence-corrected chi connectivity index (χ0v) is 50.1. The average molecular weight is 1080 g/mol. The van der Waals surface area contributed by atoms with Crippen molar-refractivity contribution in [1.82, 2.24) is 9.97 Å². The van der Waals surface area contributed by atoms with E-state index in [-0.39, 0.29) is 0 Å². The van der Waals surface area contributed by atoms with Crippen LogP contribution in [0.2, 0.25) is 12.1 Å². The van der Waals surface area contributed by atoms with Crippen molar-refractivity contribution in [3.05, 3.63) is 58.5 Å². The molecule has 0 amide bonds. The van der Waals surface area contributed by atoms with Gasteiger partial charge in [0.2, 0.25) is 0 Å². The lowest BCUT2D eigenvalue weighted by molar-refractivity contribution is 0.122. The van der Waals surface area contributed by atoms with Gasteiger partial charge in [-0.2, -0.15) is 0 Å². The molecule has 2 aromatic heterocycles. The molecule has 0 spiro atoms. The van der Waals surface area contributed by atoms with Crippen LogP contribution in [0.25, 0.3) is 20.4 Å². The minimum Gasteiger partial charge on any atom is -0.377 e. The summed E-state index contributed by atoms with van der Waals surface area (Å²) in [5.41, 5.74) is 2.33. The van der Waals surface area contributed by atoms with Crippen LogP contribution in [0.15, 0.2) is 48.5 Å². The maximum atomic E-state index is 5.55. The third-order valence-electron chi connectivity index (χ3n) is 14.4. The van der Waals surface area contributed by atoms with E-state index in [0.717, 1.165) is 47.5 Å². The van der Waals surface area contributed by atoms with Gasteiger partial charge in [-0.3, -0.25) is 0 Å². The molecule has 70 heavy (non-hydrogen) atoms. The van der Waals surface area contributed by atoms with Gasteiger partial charge in [-0.25, -0.2) is 9.97 Å². The molecule has 0 radical (unpaired) electrons. The summed E-state index contributed by atoms with van der Waals surface area (Å²) < 4.78 is 36.0. The topological polar surface area (TPSA) is 81.2 Å². The highest BCUT2D eigenvalue weighted by Gasteiger charge is 2.37. The van der Waals surface area contributed by atoms with Gasteiger partial charge in [-0.05, 0) is 49.9 Å². The van der Waals surface area contributed by atoms with Gasteiger partial charge in [-0.1, -0.05) is 213 Å². The van der Waals surface area contributed by atoms with Crippen LogP contribution in [-0.2, 0) is 26.6 Å². The molecule has 2 heterocycles. The highest BCUT2D eigenvalue weighted by Crippen LogP contribution is 2.40. The molecule has 4 rings (SSSR count). The molecule has 2 aromatic carbocycles. The van der Waals surface area contributed by atoms with Gasteiger partial charge < -0.3 is 26.6 Å². The third-order valence-corrected chi connectivity index (χ3v) is 25.0. The highest BCUT2D eigenvalue weighted by atomic mass is 33.1. The second-order valence-corrected chi connectivity index (χ2v) is 30.4. The molecule has 4 aromatic rings. The molecular formula is C56H96N2O6S4Si2. The summed E-state index contributed by atoms with van der Waals surface area (Å²) in [6.07, 6.45) is 39.9. The number of hydrogen-bond donors (Lipinski definition) is 0. The first-order valence-electron chi connectivity index (χ1n) is 27.7. The smallest absolute Gasteiger partial charge is 0.377 e. The molecule has 0 aliphatic carbocycles. The Morgan fingerprint density at radius 3 is 0.900 bits per heavy atom. The van der Waals surface area contributed by atoms with E-state index in [1.807, 2.05) is 22.7 Å². The highest BCUT2D eigenvalue weighted by molar-refractivity contribution is 8.76. The van der Waals surface area contributed by atoms with Gasteiger partial charge in [0.25, 0.3) is 0 Å². The van der Waals surface area contributed by atoms with E-state index >= 15 is 0 Å². The van der Waals surface area contributed by atoms with Crippen LogP contribution in [0.4, 0.5) is 0 Å². The van der Waals surface area contributed by atoms with E-state index in [0.29, 0.717) is 11.8 Å². The van der Waals surface area contributed by atoms with Crippen molar-refractivity contribution < 1.29 is 26.6 Å². The number of benzene rings is 2. The SMILES string of the molecule is CO[Si](CCCCCCCCCCCCCCCCC(CSSCC(CCCCCCCCCCCCCCCC[Si](OC)(OC)OC)c1nc2ccccc2s1)c1nc2ccccc2s1)(OC)OC. The molecule has 0 fully saturated rings. The van der Waals surface area contributed by atoms with Crippen molar-refractivity contribution in [2.75, 3.05) is 54.2 Å². The summed E-state index contributed by atoms with van der Waals surface area (Å²) in [5, 5.41) is 2.68. The second-order valence-electron chi connectivity index (χ2n) is 19.6. The minimum atomic E-state index is -2.40. The number of unbranched alkanes of at least 4 members (excludes halogenated alkanes) is 26. The van der Waals surface area contributed by atoms with Crippen molar-refractivity contribution in [1.29, 1.82) is 0 Å². The van der Waals surface area contributed by atoms with Crippen LogP contribution in [0.5, 0.6) is 0 Å². The van der Waals surface area contributed by atoms with Gasteiger partial charge in [0.15, 0.2) is 0 Å². The van der Waals surface area contributed by atoms with E-state index < -0.39 is 17.6 Å². The number of thiazole rings is 2. The maximum absolute atomic E-state index is 5.55. The first kappa shape index (κ1) is 61.7. The predicted octanol–water partition coefficient (Wildman–Crippen LogP) is 18.6. The van der Waals surface area contributed by atoms with Crippen molar-refractivity contribution in [2.45, 2.75) is 217 Å². The van der Waals surface area contributed by atoms with E-state index in [4.69, 9.17) is 36.5 Å². The zero-order chi connectivity index (χ0) is 49.8. The van der Waals surface area contributed by atoms with Crippen molar-refractivity contribution in [3.8, 4) is 0 Å². The van der Waals surface area contributed by atoms with Gasteiger partial charge in [0.1, 0.15) is 0 Å². The fourth-order valence-electron chi connectivity index (χ4n) is 9.77. The maximum Gasteiger partial charge on any atom is 0.500 e. The molecule has 0 saturated heterocycles. The zero-order valence-electron chi connectivity index (χ0n) is 44.8. The minimum absolute atomic E-state index is 0.518. The molecular weight excluding hydrogens is 981 g/mol. The van der Waals surface area contributed by atoms with Crippen molar-refractivity contribution >= 4 is 82.3 Å². The standard InChI is InChI=1S/C56H96N2O6S4Si2/c1-59-69(60-2,61-3)45-37-29-25-21-17-13-9-7-11-15-19-23-27-31-39-49(55-57-51-41-33-35-43-53(51)67-55)47-65-66-48-50(56-58-52-42-34-36-44-54(52)68-56)40-32-28-24-20-16-12-8-10-14-18-22-26-30-38-46-70(62-4,63-5)64-6/h33-36,41-44,49-50H,7-32,37-40,45-48H2,1-6H3. The van der Waals surface area contributed by atoms with E-state index in [9.17, 15) is 0 Å². The van der Waals surface area contributed by atoms with Gasteiger partial charge in [0.05, 0.1) is 30.4 Å². The first-order valence-corrected chi connectivity index (χ1v) is 35.7. The summed E-state index contributed by atoms with van der Waals surface area (Å²) in [6, 6.07) is 19.3. The van der Waals surface area contributed by atoms with Crippen LogP contribution in [0.1, 0.15) is 214 Å². The van der Waals surface area contributed by atoms with Crippen molar-refractivity contribution in [2.24, 2.45) is 0 Å². The number of aromatic nitrogens is 2. The molecule has 8 nitrogen and oxygen atoms in total. The molecule has 0 aliphatic rings. The fraction of sp³-hybridized carbons (Fsp3) is 0.750. The Bertz CT molecular complexity index is 1650. The third kappa shape index (κ3) is 24.2. The molecule has 0 saturated carbocycles. The Hall–Kier alpha value is -0.886. The molecule has 14 heteroatoms. The van der Waals surface area contributed by atoms with E-state index in [1.54, 1.807) is 42.7 Å². The lowest BCUT2D eigenvalue weighted by Crippen LogP contribution is -2.42. The van der Waals surface area contributed by atoms with E-state index in [1.165, 1.54) is 199 Å². The number of para-hydroxylation sites is 2. The van der Waals surface area contributed by atoms with Gasteiger partial charge >= 0.3 is 17.6 Å². The number of rotatable bonds is 47. The van der Waals surface area contributed by atoms with Crippen LogP contribution in [0, 0.1) is 0 Å². The van der Waals surface area contributed by atoms with Gasteiger partial charge in [-0.15, -0.1) is 22.7 Å². The number of nitrogens with zero attached hydrogens (tertiary/aromatic N) is 2. The lowest BCUT2D eigenvalue weighted by atomic mass is 10.0. The molecule has 0 N–H and O–H groups in total. The fourth-order valence-corrected chi connectivity index (χ4v) is 18.5. The normalized spacial score (nSPS) is 13.3. The Morgan fingerprint density at radius 2 is 0.629 bits per heavy atom. The van der Waals surface area contributed by atoms with Crippen LogP contribution in [-0.4, -0.2) is 81.7 Å². The molecule has 2 atom stereocenters. The van der Waals surface area contributed by atoms with Crippen LogP contribution in [0.3, 0.4) is 0 Å². The Labute approximate surface area is 445 Å².